The quantitative estimate of drug-likeness (QED) is 0.276. The third kappa shape index (κ3) is 7.25. The summed E-state index contributed by atoms with van der Waals surface area (Å²) in [5, 5.41) is 11.0. The summed E-state index contributed by atoms with van der Waals surface area (Å²) in [5.41, 5.74) is 5.11. The molecule has 1 aliphatic carbocycles. The maximum atomic E-state index is 13.9. The molecule has 5 rings (SSSR count). The van der Waals surface area contributed by atoms with Gasteiger partial charge in [0.25, 0.3) is 5.91 Å². The monoisotopic (exact) mass is 619 g/mol. The van der Waals surface area contributed by atoms with Crippen LogP contribution < -0.4 is 14.5 Å². The number of carboxylic acid groups (broad SMARTS) is 1. The number of hydrogen-bond donors (Lipinski definition) is 1. The summed E-state index contributed by atoms with van der Waals surface area (Å²) in [6.07, 6.45) is 3.38. The van der Waals surface area contributed by atoms with Crippen LogP contribution in [0.1, 0.15) is 45.6 Å². The van der Waals surface area contributed by atoms with Crippen molar-refractivity contribution in [2.75, 3.05) is 63.7 Å². The van der Waals surface area contributed by atoms with Gasteiger partial charge >= 0.3 is 5.97 Å². The van der Waals surface area contributed by atoms with Gasteiger partial charge in [0, 0.05) is 32.6 Å². The molecule has 0 unspecified atom stereocenters. The molecule has 0 atom stereocenters. The maximum Gasteiger partial charge on any atom is 0.359 e. The van der Waals surface area contributed by atoms with E-state index in [0.717, 1.165) is 34.6 Å². The number of ether oxygens (including phenoxy) is 1. The number of carbonyl (C=O) groups is 3. The Morgan fingerprint density at radius 1 is 1.02 bits per heavy atom. The Labute approximate surface area is 263 Å². The highest BCUT2D eigenvalue weighted by molar-refractivity contribution is 7.12. The van der Waals surface area contributed by atoms with E-state index in [1.807, 2.05) is 68.6 Å². The molecule has 234 valence electrons. The molecule has 10 heteroatoms. The molecule has 1 N–H and O–H groups in total. The van der Waals surface area contributed by atoms with Crippen molar-refractivity contribution in [3.05, 3.63) is 69.4 Å². The van der Waals surface area contributed by atoms with Crippen LogP contribution in [0.3, 0.4) is 0 Å². The summed E-state index contributed by atoms with van der Waals surface area (Å²) < 4.78 is 6.69. The fraction of sp³-hybridized carbons (Fsp3) is 0.441. The molecule has 1 saturated carbocycles. The summed E-state index contributed by atoms with van der Waals surface area (Å²) in [5.74, 6) is 0.380. The van der Waals surface area contributed by atoms with Crippen molar-refractivity contribution in [1.82, 2.24) is 4.90 Å². The summed E-state index contributed by atoms with van der Waals surface area (Å²) in [7, 11) is 5.47. The molecule has 2 aliphatic rings. The molecule has 9 nitrogen and oxygen atoms in total. The van der Waals surface area contributed by atoms with Crippen molar-refractivity contribution < 1.29 is 28.7 Å². The second-order valence-corrected chi connectivity index (χ2v) is 13.6. The molecule has 1 aromatic heterocycles. The Morgan fingerprint density at radius 2 is 1.75 bits per heavy atom. The fourth-order valence-corrected chi connectivity index (χ4v) is 6.55. The molecule has 1 fully saturated rings. The topological polar surface area (TPSA) is 90.4 Å². The second kappa shape index (κ2) is 13.0. The number of hydrogen-bond acceptors (Lipinski definition) is 6. The number of carboxylic acids is 1. The van der Waals surface area contributed by atoms with Gasteiger partial charge in [0.2, 0.25) is 5.91 Å². The van der Waals surface area contributed by atoms with Crippen LogP contribution >= 0.6 is 11.3 Å². The molecular formula is C34H43N4O5S+. The first-order valence-electron chi connectivity index (χ1n) is 15.2. The van der Waals surface area contributed by atoms with Crippen LogP contribution in [0.15, 0.2) is 47.8 Å². The third-order valence-corrected chi connectivity index (χ3v) is 9.48. The molecule has 0 spiro atoms. The van der Waals surface area contributed by atoms with E-state index in [4.69, 9.17) is 9.84 Å². The number of quaternary nitrogens is 1. The molecule has 0 saturated heterocycles. The highest BCUT2D eigenvalue weighted by Gasteiger charge is 2.36. The summed E-state index contributed by atoms with van der Waals surface area (Å²) in [6, 6.07) is 14.7. The van der Waals surface area contributed by atoms with Gasteiger partial charge < -0.3 is 29.0 Å². The van der Waals surface area contributed by atoms with Gasteiger partial charge in [0.05, 0.1) is 38.6 Å². The lowest BCUT2D eigenvalue weighted by Gasteiger charge is -2.37. The van der Waals surface area contributed by atoms with Crippen LogP contribution in [0, 0.1) is 13.8 Å². The zero-order chi connectivity index (χ0) is 31.6. The second-order valence-electron chi connectivity index (χ2n) is 12.7. The molecule has 0 bridgehead atoms. The third-order valence-electron chi connectivity index (χ3n) is 8.59. The molecule has 44 heavy (non-hydrogen) atoms. The number of likely N-dealkylation sites (N-methyl/N-ethyl adjacent to an activating group) is 2. The van der Waals surface area contributed by atoms with Crippen LogP contribution in [0.2, 0.25) is 0 Å². The maximum absolute atomic E-state index is 13.9. The van der Waals surface area contributed by atoms with Gasteiger partial charge in [-0.1, -0.05) is 18.2 Å². The van der Waals surface area contributed by atoms with E-state index in [-0.39, 0.29) is 18.4 Å². The van der Waals surface area contributed by atoms with Crippen molar-refractivity contribution in [3.8, 4) is 11.5 Å². The molecule has 3 aromatic rings. The standard InChI is InChI=1S/C34H42N4O5S/c1-23-21-30(24(2)20-25(23)10-13-31(39)35(3)17-18-38(4,5)22-32(40)41)43-29-14-19-44-33(29)34(42)37-16-15-36(26-11-12-26)27-8-6-7-9-28(27)37/h6-9,14,19-21,26H,10-13,15-18,22H2,1-5H3/p+1. The minimum absolute atomic E-state index is 0.0152. The van der Waals surface area contributed by atoms with Gasteiger partial charge in [-0.25, -0.2) is 4.79 Å². The normalized spacial score (nSPS) is 14.8. The van der Waals surface area contributed by atoms with Crippen LogP contribution in [-0.4, -0.2) is 92.2 Å². The first-order chi connectivity index (χ1) is 20.9. The van der Waals surface area contributed by atoms with Gasteiger partial charge in [-0.05, 0) is 79.4 Å². The minimum Gasteiger partial charge on any atom is -0.477 e. The average Bonchev–Trinajstić information content (AvgIpc) is 3.72. The van der Waals surface area contributed by atoms with Gasteiger partial charge in [-0.15, -0.1) is 11.3 Å². The Kier molecular flexibility index (Phi) is 9.31. The number of aryl methyl sites for hydroxylation is 3. The van der Waals surface area contributed by atoms with Crippen molar-refractivity contribution in [2.24, 2.45) is 0 Å². The van der Waals surface area contributed by atoms with Gasteiger partial charge in [-0.2, -0.15) is 0 Å². The number of fused-ring (bicyclic) bond motifs is 1. The summed E-state index contributed by atoms with van der Waals surface area (Å²) in [6.45, 7) is 6.54. The summed E-state index contributed by atoms with van der Waals surface area (Å²) >= 11 is 1.40. The van der Waals surface area contributed by atoms with Crippen molar-refractivity contribution in [3.63, 3.8) is 0 Å². The summed E-state index contributed by atoms with van der Waals surface area (Å²) in [4.78, 5) is 44.4. The van der Waals surface area contributed by atoms with Crippen LogP contribution in [0.5, 0.6) is 11.5 Å². The Balaban J connectivity index is 1.23. The van der Waals surface area contributed by atoms with E-state index in [9.17, 15) is 14.4 Å². The lowest BCUT2D eigenvalue weighted by Crippen LogP contribution is -2.48. The SMILES string of the molecule is Cc1cc(Oc2ccsc2C(=O)N2CCN(C3CC3)c3ccccc32)c(C)cc1CCC(=O)N(C)CC[N+](C)(C)CC(=O)O. The zero-order valence-electron chi connectivity index (χ0n) is 26.3. The minimum atomic E-state index is -0.850. The number of amides is 2. The van der Waals surface area contributed by atoms with E-state index in [2.05, 4.69) is 17.0 Å². The van der Waals surface area contributed by atoms with E-state index in [1.165, 1.54) is 24.2 Å². The average molecular weight is 620 g/mol. The highest BCUT2D eigenvalue weighted by Crippen LogP contribution is 2.42. The molecule has 2 aromatic carbocycles. The fourth-order valence-electron chi connectivity index (χ4n) is 5.79. The molecular weight excluding hydrogens is 576 g/mol. The Bertz CT molecular complexity index is 1550. The Morgan fingerprint density at radius 3 is 2.45 bits per heavy atom. The predicted molar refractivity (Wildman–Crippen MR) is 174 cm³/mol. The molecule has 0 radical (unpaired) electrons. The van der Waals surface area contributed by atoms with E-state index >= 15 is 0 Å². The van der Waals surface area contributed by atoms with E-state index in [0.29, 0.717) is 59.4 Å². The zero-order valence-corrected chi connectivity index (χ0v) is 27.2. The first-order valence-corrected chi connectivity index (χ1v) is 16.1. The first kappa shape index (κ1) is 31.5. The lowest BCUT2D eigenvalue weighted by molar-refractivity contribution is -0.882. The van der Waals surface area contributed by atoms with Crippen molar-refractivity contribution in [1.29, 1.82) is 0 Å². The number of carbonyl (C=O) groups excluding carboxylic acids is 2. The van der Waals surface area contributed by atoms with Crippen molar-refractivity contribution in [2.45, 2.75) is 45.6 Å². The number of benzene rings is 2. The number of aliphatic carboxylic acids is 1. The number of para-hydroxylation sites is 2. The number of thiophene rings is 1. The Hall–Kier alpha value is -3.89. The van der Waals surface area contributed by atoms with Crippen molar-refractivity contribution >= 4 is 40.5 Å². The molecule has 2 heterocycles. The van der Waals surface area contributed by atoms with Crippen LogP contribution in [0.4, 0.5) is 11.4 Å². The van der Waals surface area contributed by atoms with E-state index in [1.54, 1.807) is 11.9 Å². The molecule has 1 aliphatic heterocycles. The van der Waals surface area contributed by atoms with Crippen LogP contribution in [0.25, 0.3) is 0 Å². The number of rotatable bonds is 12. The predicted octanol–water partition coefficient (Wildman–Crippen LogP) is 5.34. The van der Waals surface area contributed by atoms with Gasteiger partial charge in [0.1, 0.15) is 10.6 Å². The number of nitrogens with zero attached hydrogens (tertiary/aromatic N) is 4. The van der Waals surface area contributed by atoms with E-state index < -0.39 is 5.97 Å². The molecule has 2 amide bonds. The largest absolute Gasteiger partial charge is 0.477 e. The van der Waals surface area contributed by atoms with Gasteiger partial charge in [-0.3, -0.25) is 9.59 Å². The lowest BCUT2D eigenvalue weighted by atomic mass is 10.00. The van der Waals surface area contributed by atoms with Crippen LogP contribution in [-0.2, 0) is 16.0 Å². The number of anilines is 2. The van der Waals surface area contributed by atoms with Gasteiger partial charge in [0.15, 0.2) is 12.3 Å². The smallest absolute Gasteiger partial charge is 0.359 e. The highest BCUT2D eigenvalue weighted by atomic mass is 32.1.